The van der Waals surface area contributed by atoms with Gasteiger partial charge in [-0.3, -0.25) is 9.59 Å². The summed E-state index contributed by atoms with van der Waals surface area (Å²) in [6.45, 7) is 7.76. The maximum Gasteiger partial charge on any atom is 0.319 e. The topological polar surface area (TPSA) is 110 Å². The number of amides is 2. The second-order valence-electron chi connectivity index (χ2n) is 8.28. The molecule has 1 aromatic heterocycles. The number of nitrogens with zero attached hydrogens (tertiary/aromatic N) is 1. The fraction of sp³-hybridized carbons (Fsp3) is 0.296. The molecule has 2 aromatic carbocycles. The van der Waals surface area contributed by atoms with Crippen molar-refractivity contribution in [2.75, 3.05) is 11.9 Å². The molecular formula is C27H31N3O5. The Morgan fingerprint density at radius 1 is 1.06 bits per heavy atom. The molecule has 3 aromatic rings. The second kappa shape index (κ2) is 11.4. The molecule has 1 heterocycles. The first-order valence-electron chi connectivity index (χ1n) is 11.6. The number of aromatic hydroxyl groups is 1. The molecule has 184 valence electrons. The molecule has 3 N–H and O–H groups in total. The molecule has 0 aliphatic rings. The molecule has 0 aliphatic heterocycles. The maximum atomic E-state index is 12.9. The highest BCUT2D eigenvalue weighted by Crippen LogP contribution is 2.27. The summed E-state index contributed by atoms with van der Waals surface area (Å²) in [4.78, 5) is 37.9. The molecule has 35 heavy (non-hydrogen) atoms. The first-order chi connectivity index (χ1) is 16.7. The number of carbonyl (C=O) groups excluding carboxylic acids is 2. The van der Waals surface area contributed by atoms with Crippen LogP contribution in [-0.4, -0.2) is 28.3 Å². The van der Waals surface area contributed by atoms with Crippen molar-refractivity contribution in [3.63, 3.8) is 0 Å². The van der Waals surface area contributed by atoms with E-state index in [1.54, 1.807) is 20.8 Å². The Bertz CT molecular complexity index is 1260. The smallest absolute Gasteiger partial charge is 0.319 e. The Kier molecular flexibility index (Phi) is 8.30. The quantitative estimate of drug-likeness (QED) is 0.408. The van der Waals surface area contributed by atoms with E-state index in [1.165, 1.54) is 10.8 Å². The van der Waals surface area contributed by atoms with Gasteiger partial charge in [0, 0.05) is 18.3 Å². The normalized spacial score (nSPS) is 11.5. The number of benzene rings is 2. The summed E-state index contributed by atoms with van der Waals surface area (Å²) in [5.41, 5.74) is 3.50. The molecule has 0 bridgehead atoms. The van der Waals surface area contributed by atoms with Gasteiger partial charge in [0.05, 0.1) is 19.1 Å². The summed E-state index contributed by atoms with van der Waals surface area (Å²) in [7, 11) is 0. The molecule has 0 saturated carbocycles. The maximum absolute atomic E-state index is 12.9. The van der Waals surface area contributed by atoms with Crippen LogP contribution in [-0.2, 0) is 16.1 Å². The fourth-order valence-electron chi connectivity index (χ4n) is 3.77. The Hall–Kier alpha value is -4.07. The number of esters is 1. The molecule has 8 heteroatoms. The Labute approximate surface area is 204 Å². The van der Waals surface area contributed by atoms with E-state index in [0.717, 1.165) is 16.7 Å². The van der Waals surface area contributed by atoms with E-state index in [9.17, 15) is 19.5 Å². The molecule has 0 radical (unpaired) electrons. The van der Waals surface area contributed by atoms with Crippen LogP contribution in [0.2, 0.25) is 0 Å². The van der Waals surface area contributed by atoms with Crippen molar-refractivity contribution in [1.82, 2.24) is 9.88 Å². The molecular weight excluding hydrogens is 446 g/mol. The van der Waals surface area contributed by atoms with Crippen LogP contribution in [0.4, 0.5) is 10.5 Å². The van der Waals surface area contributed by atoms with Crippen LogP contribution in [0.25, 0.3) is 11.1 Å². The predicted molar refractivity (Wildman–Crippen MR) is 136 cm³/mol. The number of hydrogen-bond acceptors (Lipinski definition) is 5. The van der Waals surface area contributed by atoms with Crippen LogP contribution < -0.4 is 16.2 Å². The third kappa shape index (κ3) is 6.29. The highest BCUT2D eigenvalue weighted by molar-refractivity contribution is 5.91. The van der Waals surface area contributed by atoms with E-state index in [1.807, 2.05) is 55.5 Å². The van der Waals surface area contributed by atoms with Gasteiger partial charge in [0.15, 0.2) is 5.69 Å². The monoisotopic (exact) mass is 477 g/mol. The summed E-state index contributed by atoms with van der Waals surface area (Å²) in [5.74, 6) is -0.761. The van der Waals surface area contributed by atoms with Crippen molar-refractivity contribution in [3.8, 4) is 16.9 Å². The zero-order valence-electron chi connectivity index (χ0n) is 20.4. The number of nitrogens with one attached hydrogen (secondary N) is 2. The van der Waals surface area contributed by atoms with E-state index in [0.29, 0.717) is 17.7 Å². The van der Waals surface area contributed by atoms with E-state index >= 15 is 0 Å². The number of anilines is 1. The number of pyridine rings is 1. The van der Waals surface area contributed by atoms with Crippen LogP contribution in [0.3, 0.4) is 0 Å². The standard InChI is InChI=1S/C27H31N3O5/c1-5-30-16-18(4)25(32)24(26(30)33)29-27(34)28-22(15-23(31)35-6-2)21-9-7-8-20(14-21)19-12-10-17(3)11-13-19/h7-14,16,22,32H,5-6,15H2,1-4H3,(H2,28,29,34). The van der Waals surface area contributed by atoms with Gasteiger partial charge < -0.3 is 25.0 Å². The van der Waals surface area contributed by atoms with Gasteiger partial charge in [-0.1, -0.05) is 48.0 Å². The van der Waals surface area contributed by atoms with E-state index in [4.69, 9.17) is 4.74 Å². The predicted octanol–water partition coefficient (Wildman–Crippen LogP) is 4.67. The van der Waals surface area contributed by atoms with Gasteiger partial charge in [0.1, 0.15) is 5.75 Å². The number of hydrogen-bond donors (Lipinski definition) is 3. The number of aryl methyl sites for hydroxylation is 3. The van der Waals surface area contributed by atoms with Gasteiger partial charge in [0.25, 0.3) is 5.56 Å². The van der Waals surface area contributed by atoms with Crippen LogP contribution in [0.5, 0.6) is 5.75 Å². The molecule has 0 aliphatic carbocycles. The van der Waals surface area contributed by atoms with Crippen molar-refractivity contribution in [1.29, 1.82) is 0 Å². The molecule has 2 amide bonds. The zero-order valence-corrected chi connectivity index (χ0v) is 20.4. The van der Waals surface area contributed by atoms with Gasteiger partial charge >= 0.3 is 12.0 Å². The lowest BCUT2D eigenvalue weighted by Gasteiger charge is -2.20. The Morgan fingerprint density at radius 3 is 2.43 bits per heavy atom. The average molecular weight is 478 g/mol. The summed E-state index contributed by atoms with van der Waals surface area (Å²) in [5, 5.41) is 15.6. The SMILES string of the molecule is CCOC(=O)CC(NC(=O)Nc1c(O)c(C)cn(CC)c1=O)c1cccc(-c2ccc(C)cc2)c1. The van der Waals surface area contributed by atoms with Crippen LogP contribution in [0, 0.1) is 13.8 Å². The first-order valence-corrected chi connectivity index (χ1v) is 11.6. The number of rotatable bonds is 8. The molecule has 3 rings (SSSR count). The van der Waals surface area contributed by atoms with Crippen LogP contribution in [0.15, 0.2) is 59.5 Å². The van der Waals surface area contributed by atoms with E-state index in [2.05, 4.69) is 10.6 Å². The lowest BCUT2D eigenvalue weighted by Crippen LogP contribution is -2.36. The number of aromatic nitrogens is 1. The molecule has 1 unspecified atom stereocenters. The van der Waals surface area contributed by atoms with Gasteiger partial charge in [0.2, 0.25) is 0 Å². The summed E-state index contributed by atoms with van der Waals surface area (Å²) in [6, 6.07) is 14.1. The van der Waals surface area contributed by atoms with Crippen molar-refractivity contribution in [2.45, 2.75) is 46.7 Å². The van der Waals surface area contributed by atoms with Crippen molar-refractivity contribution in [2.24, 2.45) is 0 Å². The summed E-state index contributed by atoms with van der Waals surface area (Å²) in [6.07, 6.45) is 1.43. The Balaban J connectivity index is 1.90. The number of ether oxygens (including phenoxy) is 1. The average Bonchev–Trinajstić information content (AvgIpc) is 2.84. The minimum atomic E-state index is -0.722. The highest BCUT2D eigenvalue weighted by atomic mass is 16.5. The van der Waals surface area contributed by atoms with Gasteiger partial charge in [-0.15, -0.1) is 0 Å². The summed E-state index contributed by atoms with van der Waals surface area (Å²) < 4.78 is 6.50. The third-order valence-electron chi connectivity index (χ3n) is 5.67. The van der Waals surface area contributed by atoms with Crippen LogP contribution >= 0.6 is 0 Å². The largest absolute Gasteiger partial charge is 0.505 e. The summed E-state index contributed by atoms with van der Waals surface area (Å²) >= 11 is 0. The molecule has 0 fully saturated rings. The lowest BCUT2D eigenvalue weighted by molar-refractivity contribution is -0.143. The zero-order chi connectivity index (χ0) is 25.5. The van der Waals surface area contributed by atoms with E-state index < -0.39 is 23.6 Å². The van der Waals surface area contributed by atoms with Gasteiger partial charge in [-0.05, 0) is 50.5 Å². The molecule has 8 nitrogen and oxygen atoms in total. The van der Waals surface area contributed by atoms with Crippen molar-refractivity contribution >= 4 is 17.7 Å². The van der Waals surface area contributed by atoms with Crippen molar-refractivity contribution in [3.05, 3.63) is 81.8 Å². The van der Waals surface area contributed by atoms with Gasteiger partial charge in [-0.2, -0.15) is 0 Å². The first kappa shape index (κ1) is 25.6. The molecule has 0 spiro atoms. The second-order valence-corrected chi connectivity index (χ2v) is 8.28. The molecule has 0 saturated heterocycles. The van der Waals surface area contributed by atoms with Gasteiger partial charge in [-0.25, -0.2) is 4.79 Å². The highest BCUT2D eigenvalue weighted by Gasteiger charge is 2.22. The fourth-order valence-corrected chi connectivity index (χ4v) is 3.77. The lowest BCUT2D eigenvalue weighted by atomic mass is 9.97. The minimum absolute atomic E-state index is 0.0996. The van der Waals surface area contributed by atoms with E-state index in [-0.39, 0.29) is 24.5 Å². The molecule has 1 atom stereocenters. The Morgan fingerprint density at radius 2 is 1.77 bits per heavy atom. The minimum Gasteiger partial charge on any atom is -0.505 e. The van der Waals surface area contributed by atoms with Crippen molar-refractivity contribution < 1.29 is 19.4 Å². The number of carbonyl (C=O) groups is 2. The van der Waals surface area contributed by atoms with Crippen LogP contribution in [0.1, 0.15) is 43.0 Å². The number of urea groups is 1. The third-order valence-corrected chi connectivity index (χ3v) is 5.67.